The summed E-state index contributed by atoms with van der Waals surface area (Å²) in [5, 5.41) is 0.792. The van der Waals surface area contributed by atoms with Gasteiger partial charge in [0.05, 0.1) is 0 Å². The fourth-order valence-electron chi connectivity index (χ4n) is 0.0891. The minimum absolute atomic E-state index is 0.792. The van der Waals surface area contributed by atoms with Crippen molar-refractivity contribution in [3.05, 3.63) is 11.5 Å². The third-order valence-electron chi connectivity index (χ3n) is 0.207. The summed E-state index contributed by atoms with van der Waals surface area (Å²) in [7, 11) is 0. The van der Waals surface area contributed by atoms with E-state index in [1.54, 1.807) is 6.26 Å². The molecule has 0 atom stereocenters. The van der Waals surface area contributed by atoms with Gasteiger partial charge in [-0.3, -0.25) is 0 Å². The van der Waals surface area contributed by atoms with Gasteiger partial charge in [0.15, 0.2) is 0 Å². The Morgan fingerprint density at radius 1 is 1.67 bits per heavy atom. The Labute approximate surface area is 39.2 Å². The molecule has 0 aliphatic carbocycles. The standard InChI is InChI=1S/C3H4F2S/c1-6-2-3(4)5/h2H,1H3. The number of halogens is 2. The molecule has 0 N–H and O–H groups in total. The predicted octanol–water partition coefficient (Wildman–Crippen LogP) is 2.09. The van der Waals surface area contributed by atoms with Crippen LogP contribution in [-0.2, 0) is 0 Å². The van der Waals surface area contributed by atoms with Gasteiger partial charge in [0, 0.05) is 5.41 Å². The molecule has 0 aromatic rings. The summed E-state index contributed by atoms with van der Waals surface area (Å²) in [6.45, 7) is 0. The summed E-state index contributed by atoms with van der Waals surface area (Å²) in [6, 6.07) is 0. The maximum atomic E-state index is 10.9. The second kappa shape index (κ2) is 3.15. The average molecular weight is 110 g/mol. The Hall–Kier alpha value is -0.0500. The van der Waals surface area contributed by atoms with Gasteiger partial charge in [-0.05, 0) is 6.26 Å². The van der Waals surface area contributed by atoms with Crippen molar-refractivity contribution in [1.29, 1.82) is 0 Å². The Balaban J connectivity index is 3.14. The molecule has 0 spiro atoms. The second-order valence-corrected chi connectivity index (χ2v) is 1.35. The van der Waals surface area contributed by atoms with Crippen molar-refractivity contribution in [1.82, 2.24) is 0 Å². The van der Waals surface area contributed by atoms with Crippen molar-refractivity contribution in [3.63, 3.8) is 0 Å². The number of hydrogen-bond donors (Lipinski definition) is 0. The van der Waals surface area contributed by atoms with Gasteiger partial charge < -0.3 is 0 Å². The summed E-state index contributed by atoms with van der Waals surface area (Å²) >= 11 is 0.998. The van der Waals surface area contributed by atoms with Gasteiger partial charge in [-0.15, -0.1) is 11.8 Å². The van der Waals surface area contributed by atoms with E-state index in [2.05, 4.69) is 0 Å². The van der Waals surface area contributed by atoms with Gasteiger partial charge in [0.25, 0.3) is 6.08 Å². The predicted molar refractivity (Wildman–Crippen MR) is 23.8 cm³/mol. The molecule has 6 heavy (non-hydrogen) atoms. The van der Waals surface area contributed by atoms with Crippen LogP contribution in [0.25, 0.3) is 0 Å². The lowest BCUT2D eigenvalue weighted by molar-refractivity contribution is 0.424. The summed E-state index contributed by atoms with van der Waals surface area (Å²) in [5.41, 5.74) is 0. The van der Waals surface area contributed by atoms with E-state index in [1.807, 2.05) is 0 Å². The molecule has 3 heteroatoms. The van der Waals surface area contributed by atoms with Crippen molar-refractivity contribution in [2.24, 2.45) is 0 Å². The molecule has 0 aliphatic rings. The van der Waals surface area contributed by atoms with Crippen molar-refractivity contribution >= 4 is 11.8 Å². The first-order valence-corrected chi connectivity index (χ1v) is 2.60. The molecule has 0 saturated heterocycles. The third kappa shape index (κ3) is 3.95. The molecular formula is C3H4F2S. The van der Waals surface area contributed by atoms with E-state index in [0.717, 1.165) is 17.2 Å². The Morgan fingerprint density at radius 2 is 2.17 bits per heavy atom. The average Bonchev–Trinajstić information content (AvgIpc) is 1.35. The summed E-state index contributed by atoms with van der Waals surface area (Å²) in [6.07, 6.45) is -0.0402. The van der Waals surface area contributed by atoms with E-state index in [-0.39, 0.29) is 0 Å². The lowest BCUT2D eigenvalue weighted by atomic mass is 11.1. The lowest BCUT2D eigenvalue weighted by Crippen LogP contribution is -1.47. The highest BCUT2D eigenvalue weighted by Gasteiger charge is 1.79. The molecular weight excluding hydrogens is 106 g/mol. The molecule has 0 fully saturated rings. The minimum atomic E-state index is -1.62. The first-order valence-electron chi connectivity index (χ1n) is 1.31. The first kappa shape index (κ1) is 5.95. The molecule has 0 unspecified atom stereocenters. The van der Waals surface area contributed by atoms with Crippen LogP contribution >= 0.6 is 11.8 Å². The fourth-order valence-corrected chi connectivity index (χ4v) is 0.267. The summed E-state index contributed by atoms with van der Waals surface area (Å²) < 4.78 is 21.8. The van der Waals surface area contributed by atoms with Crippen molar-refractivity contribution < 1.29 is 8.78 Å². The molecule has 0 radical (unpaired) electrons. The minimum Gasteiger partial charge on any atom is -0.173 e. The van der Waals surface area contributed by atoms with E-state index >= 15 is 0 Å². The smallest absolute Gasteiger partial charge is 0.173 e. The quantitative estimate of drug-likeness (QED) is 0.498. The zero-order valence-corrected chi connectivity index (χ0v) is 4.06. The fraction of sp³-hybridized carbons (Fsp3) is 0.333. The molecule has 0 aromatic carbocycles. The molecule has 0 aromatic heterocycles. The topological polar surface area (TPSA) is 0 Å². The van der Waals surface area contributed by atoms with E-state index in [4.69, 9.17) is 0 Å². The molecule has 0 nitrogen and oxygen atoms in total. The van der Waals surface area contributed by atoms with E-state index < -0.39 is 6.08 Å². The van der Waals surface area contributed by atoms with Crippen LogP contribution in [0.1, 0.15) is 0 Å². The molecule has 0 rings (SSSR count). The highest BCUT2D eigenvalue weighted by molar-refractivity contribution is 8.01. The zero-order chi connectivity index (χ0) is 4.99. The molecule has 0 saturated carbocycles. The van der Waals surface area contributed by atoms with Gasteiger partial charge in [-0.25, -0.2) is 0 Å². The molecule has 0 bridgehead atoms. The number of rotatable bonds is 1. The van der Waals surface area contributed by atoms with Crippen LogP contribution in [0.15, 0.2) is 11.5 Å². The first-order chi connectivity index (χ1) is 2.77. The van der Waals surface area contributed by atoms with Crippen molar-refractivity contribution in [2.45, 2.75) is 0 Å². The largest absolute Gasteiger partial charge is 0.276 e. The molecule has 36 valence electrons. The zero-order valence-electron chi connectivity index (χ0n) is 3.24. The van der Waals surface area contributed by atoms with Gasteiger partial charge in [0.1, 0.15) is 0 Å². The van der Waals surface area contributed by atoms with E-state index in [9.17, 15) is 8.78 Å². The van der Waals surface area contributed by atoms with Crippen LogP contribution in [0.5, 0.6) is 0 Å². The van der Waals surface area contributed by atoms with Gasteiger partial charge in [0.2, 0.25) is 0 Å². The van der Waals surface area contributed by atoms with Crippen LogP contribution < -0.4 is 0 Å². The van der Waals surface area contributed by atoms with Crippen LogP contribution in [0, 0.1) is 0 Å². The van der Waals surface area contributed by atoms with Crippen molar-refractivity contribution in [2.75, 3.05) is 6.26 Å². The maximum absolute atomic E-state index is 10.9. The number of hydrogen-bond acceptors (Lipinski definition) is 1. The Morgan fingerprint density at radius 3 is 2.17 bits per heavy atom. The van der Waals surface area contributed by atoms with Gasteiger partial charge in [-0.1, -0.05) is 0 Å². The Bertz CT molecular complexity index is 55.8. The van der Waals surface area contributed by atoms with Crippen LogP contribution in [0.3, 0.4) is 0 Å². The maximum Gasteiger partial charge on any atom is 0.276 e. The summed E-state index contributed by atoms with van der Waals surface area (Å²) in [5.74, 6) is 0. The molecule has 0 aliphatic heterocycles. The molecule has 0 heterocycles. The Kier molecular flexibility index (Phi) is 3.13. The van der Waals surface area contributed by atoms with E-state index in [0.29, 0.717) is 0 Å². The van der Waals surface area contributed by atoms with Crippen LogP contribution in [0.4, 0.5) is 8.78 Å². The van der Waals surface area contributed by atoms with Crippen LogP contribution in [-0.4, -0.2) is 6.26 Å². The highest BCUT2D eigenvalue weighted by atomic mass is 32.2. The normalized spacial score (nSPS) is 7.83. The molecule has 0 amide bonds. The summed E-state index contributed by atoms with van der Waals surface area (Å²) in [4.78, 5) is 0. The van der Waals surface area contributed by atoms with Crippen molar-refractivity contribution in [3.8, 4) is 0 Å². The second-order valence-electron chi connectivity index (χ2n) is 0.643. The van der Waals surface area contributed by atoms with Gasteiger partial charge >= 0.3 is 0 Å². The lowest BCUT2D eigenvalue weighted by Gasteiger charge is -1.71. The van der Waals surface area contributed by atoms with Gasteiger partial charge in [-0.2, -0.15) is 8.78 Å². The number of thioether (sulfide) groups is 1. The monoisotopic (exact) mass is 110 g/mol. The highest BCUT2D eigenvalue weighted by Crippen LogP contribution is 2.03. The van der Waals surface area contributed by atoms with E-state index in [1.165, 1.54) is 0 Å². The SMILES string of the molecule is CSC=C(F)F. The van der Waals surface area contributed by atoms with Crippen LogP contribution in [0.2, 0.25) is 0 Å². The third-order valence-corrected chi connectivity index (χ3v) is 0.621.